The molecule has 0 N–H and O–H groups in total. The lowest BCUT2D eigenvalue weighted by molar-refractivity contribution is 0.347. The molecule has 0 saturated heterocycles. The fourth-order valence-corrected chi connectivity index (χ4v) is 2.95. The summed E-state index contributed by atoms with van der Waals surface area (Å²) in [6.45, 7) is 3.18. The molecule has 0 atom stereocenters. The highest BCUT2D eigenvalue weighted by Gasteiger charge is 2.18. The summed E-state index contributed by atoms with van der Waals surface area (Å²) >= 11 is 5.90. The van der Waals surface area contributed by atoms with Gasteiger partial charge < -0.3 is 4.57 Å². The van der Waals surface area contributed by atoms with Gasteiger partial charge in [-0.05, 0) is 12.3 Å². The van der Waals surface area contributed by atoms with E-state index in [1.807, 2.05) is 0 Å². The number of aromatic nitrogens is 3. The summed E-state index contributed by atoms with van der Waals surface area (Å²) in [6.07, 6.45) is 9.09. The Labute approximate surface area is 109 Å². The van der Waals surface area contributed by atoms with Crippen LogP contribution in [0.15, 0.2) is 0 Å². The van der Waals surface area contributed by atoms with E-state index in [1.54, 1.807) is 0 Å². The first-order valence-electron chi connectivity index (χ1n) is 6.82. The zero-order valence-electron chi connectivity index (χ0n) is 10.7. The van der Waals surface area contributed by atoms with E-state index in [0.717, 1.165) is 37.0 Å². The molecule has 2 rings (SSSR count). The van der Waals surface area contributed by atoms with Gasteiger partial charge in [0.1, 0.15) is 11.6 Å². The van der Waals surface area contributed by atoms with Crippen LogP contribution in [0.3, 0.4) is 0 Å². The minimum absolute atomic E-state index is 0.470. The van der Waals surface area contributed by atoms with Gasteiger partial charge in [-0.3, -0.25) is 0 Å². The predicted octanol–water partition coefficient (Wildman–Crippen LogP) is 3.55. The molecule has 1 aromatic heterocycles. The van der Waals surface area contributed by atoms with Crippen molar-refractivity contribution >= 4 is 11.6 Å². The minimum Gasteiger partial charge on any atom is -0.314 e. The van der Waals surface area contributed by atoms with Crippen LogP contribution in [0.4, 0.5) is 0 Å². The highest BCUT2D eigenvalue weighted by atomic mass is 35.5. The second-order valence-electron chi connectivity index (χ2n) is 5.03. The molecule has 0 amide bonds. The molecule has 4 heteroatoms. The van der Waals surface area contributed by atoms with E-state index in [1.165, 1.54) is 32.1 Å². The fraction of sp³-hybridized carbons (Fsp3) is 0.846. The van der Waals surface area contributed by atoms with Gasteiger partial charge in [-0.1, -0.05) is 39.0 Å². The summed E-state index contributed by atoms with van der Waals surface area (Å²) in [5.74, 6) is 3.36. The average molecular weight is 256 g/mol. The highest BCUT2D eigenvalue weighted by Crippen LogP contribution is 2.26. The monoisotopic (exact) mass is 255 g/mol. The quantitative estimate of drug-likeness (QED) is 0.754. The molecule has 17 heavy (non-hydrogen) atoms. The van der Waals surface area contributed by atoms with Crippen molar-refractivity contribution in [1.29, 1.82) is 0 Å². The SMILES string of the molecule is CCCn1c(CCl)nnc1CC1CCCCC1. The van der Waals surface area contributed by atoms with Crippen LogP contribution in [0.5, 0.6) is 0 Å². The van der Waals surface area contributed by atoms with Crippen molar-refractivity contribution in [3.63, 3.8) is 0 Å². The third-order valence-electron chi connectivity index (χ3n) is 3.67. The number of rotatable bonds is 5. The number of hydrogen-bond donors (Lipinski definition) is 0. The first kappa shape index (κ1) is 12.9. The van der Waals surface area contributed by atoms with Gasteiger partial charge in [0.15, 0.2) is 0 Å². The van der Waals surface area contributed by atoms with Crippen LogP contribution in [0.25, 0.3) is 0 Å². The maximum Gasteiger partial charge on any atom is 0.147 e. The van der Waals surface area contributed by atoms with Gasteiger partial charge in [0.25, 0.3) is 0 Å². The van der Waals surface area contributed by atoms with Crippen LogP contribution >= 0.6 is 11.6 Å². The van der Waals surface area contributed by atoms with Crippen molar-refractivity contribution in [3.8, 4) is 0 Å². The van der Waals surface area contributed by atoms with E-state index in [0.29, 0.717) is 5.88 Å². The van der Waals surface area contributed by atoms with E-state index >= 15 is 0 Å². The lowest BCUT2D eigenvalue weighted by Crippen LogP contribution is -2.14. The number of nitrogens with zero attached hydrogens (tertiary/aromatic N) is 3. The molecule has 0 radical (unpaired) electrons. The van der Waals surface area contributed by atoms with Gasteiger partial charge in [0, 0.05) is 13.0 Å². The average Bonchev–Trinajstić information content (AvgIpc) is 2.74. The molecule has 0 unspecified atom stereocenters. The predicted molar refractivity (Wildman–Crippen MR) is 70.1 cm³/mol. The van der Waals surface area contributed by atoms with Gasteiger partial charge in [0.2, 0.25) is 0 Å². The maximum absolute atomic E-state index is 5.90. The normalized spacial score (nSPS) is 17.5. The Balaban J connectivity index is 2.05. The minimum atomic E-state index is 0.470. The lowest BCUT2D eigenvalue weighted by atomic mass is 9.87. The van der Waals surface area contributed by atoms with Gasteiger partial charge in [0.05, 0.1) is 5.88 Å². The standard InChI is InChI=1S/C13H22ClN3/c1-2-8-17-12(15-16-13(17)10-14)9-11-6-4-3-5-7-11/h11H,2-10H2,1H3. The Morgan fingerprint density at radius 1 is 1.18 bits per heavy atom. The molecule has 3 nitrogen and oxygen atoms in total. The van der Waals surface area contributed by atoms with Crippen LogP contribution in [0, 0.1) is 5.92 Å². The summed E-state index contributed by atoms with van der Waals surface area (Å²) in [7, 11) is 0. The molecular weight excluding hydrogens is 234 g/mol. The van der Waals surface area contributed by atoms with Gasteiger partial charge in [-0.25, -0.2) is 0 Å². The van der Waals surface area contributed by atoms with Crippen molar-refractivity contribution in [2.24, 2.45) is 5.92 Å². The summed E-state index contributed by atoms with van der Waals surface area (Å²) in [6, 6.07) is 0. The third kappa shape index (κ3) is 3.21. The van der Waals surface area contributed by atoms with E-state index < -0.39 is 0 Å². The number of hydrogen-bond acceptors (Lipinski definition) is 2. The molecule has 1 aromatic rings. The van der Waals surface area contributed by atoms with E-state index in [4.69, 9.17) is 11.6 Å². The van der Waals surface area contributed by atoms with E-state index in [9.17, 15) is 0 Å². The maximum atomic E-state index is 5.90. The van der Waals surface area contributed by atoms with Gasteiger partial charge >= 0.3 is 0 Å². The molecule has 1 fully saturated rings. The van der Waals surface area contributed by atoms with Crippen LogP contribution < -0.4 is 0 Å². The molecule has 1 heterocycles. The fourth-order valence-electron chi connectivity index (χ4n) is 2.75. The van der Waals surface area contributed by atoms with Crippen molar-refractivity contribution < 1.29 is 0 Å². The molecule has 0 aliphatic heterocycles. The molecule has 96 valence electrons. The topological polar surface area (TPSA) is 30.7 Å². The first-order chi connectivity index (χ1) is 8.35. The van der Waals surface area contributed by atoms with Crippen LogP contribution in [-0.2, 0) is 18.8 Å². The number of alkyl halides is 1. The summed E-state index contributed by atoms with van der Waals surface area (Å²) < 4.78 is 2.22. The van der Waals surface area contributed by atoms with Crippen LogP contribution in [0.2, 0.25) is 0 Å². The molecule has 0 aromatic carbocycles. The second kappa shape index (κ2) is 6.39. The molecule has 1 saturated carbocycles. The van der Waals surface area contributed by atoms with Gasteiger partial charge in [-0.2, -0.15) is 0 Å². The highest BCUT2D eigenvalue weighted by molar-refractivity contribution is 6.16. The summed E-state index contributed by atoms with van der Waals surface area (Å²) in [4.78, 5) is 0. The molecule has 0 spiro atoms. The van der Waals surface area contributed by atoms with Crippen molar-refractivity contribution in [2.45, 2.75) is 64.3 Å². The molecular formula is C13H22ClN3. The van der Waals surface area contributed by atoms with E-state index in [-0.39, 0.29) is 0 Å². The first-order valence-corrected chi connectivity index (χ1v) is 7.35. The van der Waals surface area contributed by atoms with Crippen molar-refractivity contribution in [1.82, 2.24) is 14.8 Å². The molecule has 0 bridgehead atoms. The summed E-state index contributed by atoms with van der Waals surface area (Å²) in [5.41, 5.74) is 0. The Kier molecular flexibility index (Phi) is 4.84. The van der Waals surface area contributed by atoms with Crippen LogP contribution in [-0.4, -0.2) is 14.8 Å². The zero-order valence-corrected chi connectivity index (χ0v) is 11.4. The lowest BCUT2D eigenvalue weighted by Gasteiger charge is -2.21. The van der Waals surface area contributed by atoms with Gasteiger partial charge in [-0.15, -0.1) is 21.8 Å². The summed E-state index contributed by atoms with van der Waals surface area (Å²) in [5, 5.41) is 8.53. The largest absolute Gasteiger partial charge is 0.314 e. The molecule has 1 aliphatic carbocycles. The number of halogens is 1. The van der Waals surface area contributed by atoms with Crippen molar-refractivity contribution in [3.05, 3.63) is 11.6 Å². The Morgan fingerprint density at radius 2 is 1.88 bits per heavy atom. The zero-order chi connectivity index (χ0) is 12.1. The smallest absolute Gasteiger partial charge is 0.147 e. The third-order valence-corrected chi connectivity index (χ3v) is 3.91. The second-order valence-corrected chi connectivity index (χ2v) is 5.29. The molecule has 1 aliphatic rings. The van der Waals surface area contributed by atoms with Crippen LogP contribution in [0.1, 0.15) is 57.1 Å². The van der Waals surface area contributed by atoms with Crippen molar-refractivity contribution in [2.75, 3.05) is 0 Å². The Hall–Kier alpha value is -0.570. The Bertz CT molecular complexity index is 342. The van der Waals surface area contributed by atoms with E-state index in [2.05, 4.69) is 21.7 Å². The Morgan fingerprint density at radius 3 is 2.53 bits per heavy atom.